The maximum absolute atomic E-state index is 6.21. The van der Waals surface area contributed by atoms with E-state index >= 15 is 0 Å². The van der Waals surface area contributed by atoms with Crippen LogP contribution >= 0.6 is 0 Å². The summed E-state index contributed by atoms with van der Waals surface area (Å²) in [6.07, 6.45) is 5.51. The molecule has 5 unspecified atom stereocenters. The molecule has 1 saturated carbocycles. The summed E-state index contributed by atoms with van der Waals surface area (Å²) in [6, 6.07) is 1.22. The Morgan fingerprint density at radius 1 is 1.00 bits per heavy atom. The summed E-state index contributed by atoms with van der Waals surface area (Å²) >= 11 is 0. The molecule has 1 aliphatic heterocycles. The van der Waals surface area contributed by atoms with Gasteiger partial charge in [0, 0.05) is 18.6 Å². The maximum atomic E-state index is 6.21. The highest BCUT2D eigenvalue weighted by Gasteiger charge is 2.33. The normalized spacial score (nSPS) is 46.9. The van der Waals surface area contributed by atoms with Crippen LogP contribution < -0.4 is 5.73 Å². The van der Waals surface area contributed by atoms with E-state index in [1.807, 2.05) is 0 Å². The predicted octanol–water partition coefficient (Wildman–Crippen LogP) is 2.48. The number of likely N-dealkylation sites (tertiary alicyclic amines) is 1. The van der Waals surface area contributed by atoms with Gasteiger partial charge in [0.2, 0.25) is 0 Å². The third kappa shape index (κ3) is 2.60. The first-order chi connectivity index (χ1) is 7.58. The molecule has 0 aromatic rings. The zero-order valence-corrected chi connectivity index (χ0v) is 11.2. The number of piperidine rings is 1. The summed E-state index contributed by atoms with van der Waals surface area (Å²) in [5, 5.41) is 0. The van der Waals surface area contributed by atoms with Crippen molar-refractivity contribution >= 4 is 0 Å². The molecule has 2 nitrogen and oxygen atoms in total. The minimum absolute atomic E-state index is 0.403. The fourth-order valence-electron chi connectivity index (χ4n) is 3.62. The number of hydrogen-bond donors (Lipinski definition) is 1. The monoisotopic (exact) mass is 224 g/mol. The molecule has 0 amide bonds. The molecular formula is C14H28N2. The zero-order chi connectivity index (χ0) is 11.7. The lowest BCUT2D eigenvalue weighted by Crippen LogP contribution is -2.53. The quantitative estimate of drug-likeness (QED) is 0.741. The van der Waals surface area contributed by atoms with Gasteiger partial charge in [-0.25, -0.2) is 0 Å². The Kier molecular flexibility index (Phi) is 3.91. The summed E-state index contributed by atoms with van der Waals surface area (Å²) in [7, 11) is 0. The average Bonchev–Trinajstić information content (AvgIpc) is 2.22. The minimum Gasteiger partial charge on any atom is -0.326 e. The molecule has 0 spiro atoms. The van der Waals surface area contributed by atoms with Crippen molar-refractivity contribution in [1.29, 1.82) is 0 Å². The smallest absolute Gasteiger partial charge is 0.0194 e. The van der Waals surface area contributed by atoms with E-state index < -0.39 is 0 Å². The van der Waals surface area contributed by atoms with Crippen molar-refractivity contribution in [2.75, 3.05) is 13.1 Å². The molecule has 1 aliphatic carbocycles. The van der Waals surface area contributed by atoms with Crippen LogP contribution in [0.2, 0.25) is 0 Å². The van der Waals surface area contributed by atoms with Crippen LogP contribution in [0.25, 0.3) is 0 Å². The maximum Gasteiger partial charge on any atom is 0.0194 e. The SMILES string of the molecule is CC1CCC(N2CCC(C)C(N)C2)C(C)C1. The van der Waals surface area contributed by atoms with Gasteiger partial charge < -0.3 is 5.73 Å². The first kappa shape index (κ1) is 12.4. The Morgan fingerprint density at radius 2 is 1.75 bits per heavy atom. The van der Waals surface area contributed by atoms with Gasteiger partial charge in [-0.3, -0.25) is 4.90 Å². The lowest BCUT2D eigenvalue weighted by molar-refractivity contribution is 0.0552. The summed E-state index contributed by atoms with van der Waals surface area (Å²) < 4.78 is 0. The lowest BCUT2D eigenvalue weighted by atomic mass is 9.78. The van der Waals surface area contributed by atoms with Crippen LogP contribution in [0.1, 0.15) is 46.5 Å². The van der Waals surface area contributed by atoms with Gasteiger partial charge in [0.15, 0.2) is 0 Å². The van der Waals surface area contributed by atoms with Crippen LogP contribution in [0.5, 0.6) is 0 Å². The van der Waals surface area contributed by atoms with Gasteiger partial charge in [-0.2, -0.15) is 0 Å². The molecule has 5 atom stereocenters. The van der Waals surface area contributed by atoms with Gasteiger partial charge in [-0.05, 0) is 50.0 Å². The number of nitrogens with zero attached hydrogens (tertiary/aromatic N) is 1. The van der Waals surface area contributed by atoms with Gasteiger partial charge in [0.1, 0.15) is 0 Å². The van der Waals surface area contributed by atoms with Crippen molar-refractivity contribution in [3.05, 3.63) is 0 Å². The summed E-state index contributed by atoms with van der Waals surface area (Å²) in [5.74, 6) is 2.52. The molecule has 94 valence electrons. The second-order valence-electron chi connectivity index (χ2n) is 6.39. The van der Waals surface area contributed by atoms with Crippen molar-refractivity contribution in [2.24, 2.45) is 23.5 Å². The highest BCUT2D eigenvalue weighted by Crippen LogP contribution is 2.33. The Morgan fingerprint density at radius 3 is 2.38 bits per heavy atom. The van der Waals surface area contributed by atoms with E-state index in [1.165, 1.54) is 32.2 Å². The Labute approximate surface area is 101 Å². The Bertz CT molecular complexity index is 229. The highest BCUT2D eigenvalue weighted by atomic mass is 15.2. The number of nitrogens with two attached hydrogens (primary N) is 1. The van der Waals surface area contributed by atoms with Crippen LogP contribution in [0.3, 0.4) is 0 Å². The van der Waals surface area contributed by atoms with E-state index in [-0.39, 0.29) is 0 Å². The van der Waals surface area contributed by atoms with Crippen molar-refractivity contribution in [3.8, 4) is 0 Å². The molecule has 2 aliphatic rings. The minimum atomic E-state index is 0.403. The molecule has 1 saturated heterocycles. The van der Waals surface area contributed by atoms with E-state index in [0.717, 1.165) is 24.4 Å². The fraction of sp³-hybridized carbons (Fsp3) is 1.00. The van der Waals surface area contributed by atoms with Crippen molar-refractivity contribution in [2.45, 2.75) is 58.5 Å². The van der Waals surface area contributed by atoms with Crippen LogP contribution in [0.15, 0.2) is 0 Å². The summed E-state index contributed by atoms with van der Waals surface area (Å²) in [5.41, 5.74) is 6.21. The summed E-state index contributed by atoms with van der Waals surface area (Å²) in [4.78, 5) is 2.68. The van der Waals surface area contributed by atoms with Gasteiger partial charge in [-0.15, -0.1) is 0 Å². The molecule has 0 radical (unpaired) electrons. The zero-order valence-electron chi connectivity index (χ0n) is 11.2. The molecule has 2 fully saturated rings. The van der Waals surface area contributed by atoms with Crippen molar-refractivity contribution < 1.29 is 0 Å². The Hall–Kier alpha value is -0.0800. The molecule has 1 heterocycles. The second-order valence-corrected chi connectivity index (χ2v) is 6.39. The molecule has 2 N–H and O–H groups in total. The summed E-state index contributed by atoms with van der Waals surface area (Å²) in [6.45, 7) is 9.54. The molecule has 0 bridgehead atoms. The largest absolute Gasteiger partial charge is 0.326 e. The third-order valence-electron chi connectivity index (χ3n) is 4.90. The van der Waals surface area contributed by atoms with Gasteiger partial charge >= 0.3 is 0 Å². The van der Waals surface area contributed by atoms with E-state index in [9.17, 15) is 0 Å². The molecular weight excluding hydrogens is 196 g/mol. The fourth-order valence-corrected chi connectivity index (χ4v) is 3.62. The van der Waals surface area contributed by atoms with Crippen molar-refractivity contribution in [3.63, 3.8) is 0 Å². The average molecular weight is 224 g/mol. The van der Waals surface area contributed by atoms with Crippen LogP contribution in [-0.4, -0.2) is 30.1 Å². The topological polar surface area (TPSA) is 29.3 Å². The van der Waals surface area contributed by atoms with E-state index in [1.54, 1.807) is 0 Å². The third-order valence-corrected chi connectivity index (χ3v) is 4.90. The second kappa shape index (κ2) is 5.05. The highest BCUT2D eigenvalue weighted by molar-refractivity contribution is 4.89. The van der Waals surface area contributed by atoms with Gasteiger partial charge in [-0.1, -0.05) is 20.8 Å². The first-order valence-corrected chi connectivity index (χ1v) is 7.07. The predicted molar refractivity (Wildman–Crippen MR) is 69.3 cm³/mol. The van der Waals surface area contributed by atoms with Crippen LogP contribution in [-0.2, 0) is 0 Å². The van der Waals surface area contributed by atoms with E-state index in [0.29, 0.717) is 12.0 Å². The van der Waals surface area contributed by atoms with Gasteiger partial charge in [0.05, 0.1) is 0 Å². The molecule has 16 heavy (non-hydrogen) atoms. The molecule has 2 heteroatoms. The molecule has 0 aromatic heterocycles. The molecule has 0 aromatic carbocycles. The standard InChI is InChI=1S/C14H28N2/c1-10-4-5-14(12(3)8-10)16-7-6-11(2)13(15)9-16/h10-14H,4-9,15H2,1-3H3. The van der Waals surface area contributed by atoms with Crippen LogP contribution in [0, 0.1) is 17.8 Å². The number of hydrogen-bond acceptors (Lipinski definition) is 2. The van der Waals surface area contributed by atoms with Crippen molar-refractivity contribution in [1.82, 2.24) is 4.90 Å². The van der Waals surface area contributed by atoms with Gasteiger partial charge in [0.25, 0.3) is 0 Å². The van der Waals surface area contributed by atoms with E-state index in [2.05, 4.69) is 25.7 Å². The lowest BCUT2D eigenvalue weighted by Gasteiger charge is -2.45. The van der Waals surface area contributed by atoms with Crippen LogP contribution in [0.4, 0.5) is 0 Å². The van der Waals surface area contributed by atoms with E-state index in [4.69, 9.17) is 5.73 Å². The first-order valence-electron chi connectivity index (χ1n) is 7.07. The number of rotatable bonds is 1. The Balaban J connectivity index is 1.92. The molecule has 2 rings (SSSR count).